The zero-order valence-corrected chi connectivity index (χ0v) is 10.9. The van der Waals surface area contributed by atoms with Gasteiger partial charge in [-0.25, -0.2) is 0 Å². The summed E-state index contributed by atoms with van der Waals surface area (Å²) < 4.78 is 5.30. The van der Waals surface area contributed by atoms with Gasteiger partial charge in [0.25, 0.3) is 0 Å². The highest BCUT2D eigenvalue weighted by Gasteiger charge is 2.42. The Morgan fingerprint density at radius 3 is 2.83 bits per heavy atom. The van der Waals surface area contributed by atoms with E-state index in [4.69, 9.17) is 4.74 Å². The van der Waals surface area contributed by atoms with E-state index in [0.717, 1.165) is 45.8 Å². The van der Waals surface area contributed by atoms with Crippen LogP contribution in [-0.2, 0) is 9.53 Å². The molecule has 3 aliphatic heterocycles. The van der Waals surface area contributed by atoms with Crippen LogP contribution in [0.15, 0.2) is 0 Å². The van der Waals surface area contributed by atoms with Crippen LogP contribution in [0.3, 0.4) is 0 Å². The first kappa shape index (κ1) is 12.4. The summed E-state index contributed by atoms with van der Waals surface area (Å²) in [4.78, 5) is 14.4. The predicted octanol–water partition coefficient (Wildman–Crippen LogP) is -0.425. The van der Waals surface area contributed by atoms with Gasteiger partial charge in [0.2, 0.25) is 5.91 Å². The molecule has 102 valence electrons. The SMILES string of the molecule is O=C(NCCN1CCOCC1)C1CC2CCC1N2. The van der Waals surface area contributed by atoms with Crippen molar-refractivity contribution in [2.24, 2.45) is 5.92 Å². The number of nitrogens with zero attached hydrogens (tertiary/aromatic N) is 1. The van der Waals surface area contributed by atoms with Crippen LogP contribution >= 0.6 is 0 Å². The number of carbonyl (C=O) groups excluding carboxylic acids is 1. The summed E-state index contributed by atoms with van der Waals surface area (Å²) in [7, 11) is 0. The Morgan fingerprint density at radius 1 is 1.33 bits per heavy atom. The number of carbonyl (C=O) groups is 1. The summed E-state index contributed by atoms with van der Waals surface area (Å²) in [6, 6.07) is 1.04. The van der Waals surface area contributed by atoms with Gasteiger partial charge in [-0.3, -0.25) is 9.69 Å². The van der Waals surface area contributed by atoms with Crippen molar-refractivity contribution in [3.63, 3.8) is 0 Å². The lowest BCUT2D eigenvalue weighted by atomic mass is 9.88. The summed E-state index contributed by atoms with van der Waals surface area (Å²) >= 11 is 0. The fourth-order valence-corrected chi connectivity index (χ4v) is 3.41. The van der Waals surface area contributed by atoms with Crippen molar-refractivity contribution in [1.82, 2.24) is 15.5 Å². The second-order valence-electron chi connectivity index (χ2n) is 5.63. The van der Waals surface area contributed by atoms with Crippen LogP contribution in [0.5, 0.6) is 0 Å². The van der Waals surface area contributed by atoms with Crippen molar-refractivity contribution in [2.75, 3.05) is 39.4 Å². The second-order valence-corrected chi connectivity index (χ2v) is 5.63. The summed E-state index contributed by atoms with van der Waals surface area (Å²) in [5, 5.41) is 6.61. The molecule has 3 unspecified atom stereocenters. The van der Waals surface area contributed by atoms with Crippen LogP contribution in [0, 0.1) is 5.92 Å². The molecule has 3 rings (SSSR count). The fourth-order valence-electron chi connectivity index (χ4n) is 3.41. The first-order valence-electron chi connectivity index (χ1n) is 7.17. The van der Waals surface area contributed by atoms with Gasteiger partial charge in [0, 0.05) is 38.3 Å². The number of hydrogen-bond acceptors (Lipinski definition) is 4. The Morgan fingerprint density at radius 2 is 2.17 bits per heavy atom. The highest BCUT2D eigenvalue weighted by molar-refractivity contribution is 5.80. The molecule has 5 nitrogen and oxygen atoms in total. The van der Waals surface area contributed by atoms with Crippen LogP contribution in [0.2, 0.25) is 0 Å². The van der Waals surface area contributed by atoms with Crippen LogP contribution in [0.25, 0.3) is 0 Å². The summed E-state index contributed by atoms with van der Waals surface area (Å²) in [6.45, 7) is 5.35. The minimum Gasteiger partial charge on any atom is -0.379 e. The number of amides is 1. The molecule has 0 spiro atoms. The van der Waals surface area contributed by atoms with Gasteiger partial charge in [0.05, 0.1) is 19.1 Å². The first-order valence-corrected chi connectivity index (χ1v) is 7.17. The van der Waals surface area contributed by atoms with Crippen molar-refractivity contribution < 1.29 is 9.53 Å². The molecule has 0 aromatic heterocycles. The van der Waals surface area contributed by atoms with Crippen molar-refractivity contribution in [3.05, 3.63) is 0 Å². The number of ether oxygens (including phenoxy) is 1. The van der Waals surface area contributed by atoms with Crippen LogP contribution in [0.4, 0.5) is 0 Å². The molecule has 3 fully saturated rings. The third-order valence-electron chi connectivity index (χ3n) is 4.47. The quantitative estimate of drug-likeness (QED) is 0.714. The van der Waals surface area contributed by atoms with E-state index in [-0.39, 0.29) is 11.8 Å². The smallest absolute Gasteiger partial charge is 0.224 e. The van der Waals surface area contributed by atoms with Gasteiger partial charge in [0.1, 0.15) is 0 Å². The molecule has 1 amide bonds. The van der Waals surface area contributed by atoms with Crippen LogP contribution in [-0.4, -0.2) is 62.3 Å². The van der Waals surface area contributed by atoms with Gasteiger partial charge < -0.3 is 15.4 Å². The van der Waals surface area contributed by atoms with E-state index < -0.39 is 0 Å². The molecular weight excluding hydrogens is 230 g/mol. The second kappa shape index (κ2) is 5.55. The van der Waals surface area contributed by atoms with E-state index in [0.29, 0.717) is 12.1 Å². The van der Waals surface area contributed by atoms with E-state index in [2.05, 4.69) is 15.5 Å². The average Bonchev–Trinajstić information content (AvgIpc) is 3.02. The first-order chi connectivity index (χ1) is 8.83. The van der Waals surface area contributed by atoms with Gasteiger partial charge in [-0.15, -0.1) is 0 Å². The molecule has 18 heavy (non-hydrogen) atoms. The van der Waals surface area contributed by atoms with Gasteiger partial charge in [-0.05, 0) is 19.3 Å². The molecule has 3 aliphatic rings. The molecule has 0 aromatic carbocycles. The number of hydrogen-bond donors (Lipinski definition) is 2. The van der Waals surface area contributed by atoms with E-state index in [1.54, 1.807) is 0 Å². The molecule has 0 aliphatic carbocycles. The summed E-state index contributed by atoms with van der Waals surface area (Å²) in [5.74, 6) is 0.469. The Labute approximate surface area is 108 Å². The molecule has 5 heteroatoms. The zero-order valence-electron chi connectivity index (χ0n) is 10.9. The molecule has 3 heterocycles. The van der Waals surface area contributed by atoms with Gasteiger partial charge in [-0.2, -0.15) is 0 Å². The molecule has 2 N–H and O–H groups in total. The molecule has 2 bridgehead atoms. The van der Waals surface area contributed by atoms with Gasteiger partial charge >= 0.3 is 0 Å². The summed E-state index contributed by atoms with van der Waals surface area (Å²) in [6.07, 6.45) is 3.46. The zero-order chi connectivity index (χ0) is 12.4. The molecule has 0 radical (unpaired) electrons. The number of morpholine rings is 1. The van der Waals surface area contributed by atoms with E-state index in [1.807, 2.05) is 0 Å². The Bertz CT molecular complexity index is 305. The maximum atomic E-state index is 12.1. The predicted molar refractivity (Wildman–Crippen MR) is 68.3 cm³/mol. The van der Waals surface area contributed by atoms with E-state index in [9.17, 15) is 4.79 Å². The molecule has 3 saturated heterocycles. The lowest BCUT2D eigenvalue weighted by Crippen LogP contribution is -2.44. The van der Waals surface area contributed by atoms with E-state index in [1.165, 1.54) is 12.8 Å². The van der Waals surface area contributed by atoms with Gasteiger partial charge in [-0.1, -0.05) is 0 Å². The van der Waals surface area contributed by atoms with Crippen molar-refractivity contribution in [1.29, 1.82) is 0 Å². The topological polar surface area (TPSA) is 53.6 Å². The van der Waals surface area contributed by atoms with Crippen molar-refractivity contribution in [2.45, 2.75) is 31.3 Å². The maximum absolute atomic E-state index is 12.1. The number of nitrogens with one attached hydrogen (secondary N) is 2. The van der Waals surface area contributed by atoms with Crippen LogP contribution < -0.4 is 10.6 Å². The van der Waals surface area contributed by atoms with Crippen LogP contribution in [0.1, 0.15) is 19.3 Å². The van der Waals surface area contributed by atoms with Crippen molar-refractivity contribution >= 4 is 5.91 Å². The monoisotopic (exact) mass is 253 g/mol. The number of rotatable bonds is 4. The Kier molecular flexibility index (Phi) is 3.82. The Hall–Kier alpha value is -0.650. The van der Waals surface area contributed by atoms with Crippen molar-refractivity contribution in [3.8, 4) is 0 Å². The average molecular weight is 253 g/mol. The minimum atomic E-state index is 0.216. The lowest BCUT2D eigenvalue weighted by Gasteiger charge is -2.27. The van der Waals surface area contributed by atoms with Gasteiger partial charge in [0.15, 0.2) is 0 Å². The number of fused-ring (bicyclic) bond motifs is 2. The minimum absolute atomic E-state index is 0.216. The molecule has 0 aromatic rings. The third kappa shape index (κ3) is 2.68. The highest BCUT2D eigenvalue weighted by Crippen LogP contribution is 2.33. The molecule has 3 atom stereocenters. The fraction of sp³-hybridized carbons (Fsp3) is 0.923. The third-order valence-corrected chi connectivity index (χ3v) is 4.47. The molecular formula is C13H23N3O2. The lowest BCUT2D eigenvalue weighted by molar-refractivity contribution is -0.125. The van der Waals surface area contributed by atoms with E-state index >= 15 is 0 Å². The Balaban J connectivity index is 1.36. The summed E-state index contributed by atoms with van der Waals surface area (Å²) in [5.41, 5.74) is 0. The molecule has 0 saturated carbocycles. The highest BCUT2D eigenvalue weighted by atomic mass is 16.5. The maximum Gasteiger partial charge on any atom is 0.224 e. The standard InChI is InChI=1S/C13H23N3O2/c17-13(11-9-10-1-2-12(11)15-10)14-3-4-16-5-7-18-8-6-16/h10-12,15H,1-9H2,(H,14,17). The largest absolute Gasteiger partial charge is 0.379 e. The normalized spacial score (nSPS) is 35.9.